The van der Waals surface area contributed by atoms with Crippen LogP contribution in [0.4, 0.5) is 13.2 Å². The van der Waals surface area contributed by atoms with Crippen molar-refractivity contribution in [3.05, 3.63) is 52.9 Å². The molecular formula is C14H13F3N2O3S2. The highest BCUT2D eigenvalue weighted by molar-refractivity contribution is 7.91. The van der Waals surface area contributed by atoms with Gasteiger partial charge in [0.15, 0.2) is 0 Å². The largest absolute Gasteiger partial charge is 0.417 e. The first kappa shape index (κ1) is 18.4. The Morgan fingerprint density at radius 3 is 2.42 bits per heavy atom. The number of hydrogen-bond acceptors (Lipinski definition) is 4. The molecule has 1 aromatic heterocycles. The fourth-order valence-corrected chi connectivity index (χ4v) is 3.94. The van der Waals surface area contributed by atoms with Gasteiger partial charge in [-0.15, -0.1) is 11.3 Å². The summed E-state index contributed by atoms with van der Waals surface area (Å²) in [6.07, 6.45) is -4.64. The van der Waals surface area contributed by atoms with Crippen LogP contribution in [0.1, 0.15) is 15.9 Å². The Balaban J connectivity index is 1.93. The zero-order valence-corrected chi connectivity index (χ0v) is 13.8. The smallest absolute Gasteiger partial charge is 0.351 e. The average molecular weight is 378 g/mol. The van der Waals surface area contributed by atoms with Gasteiger partial charge in [0.2, 0.25) is 10.0 Å². The molecule has 0 saturated carbocycles. The van der Waals surface area contributed by atoms with Crippen LogP contribution in [0, 0.1) is 0 Å². The lowest BCUT2D eigenvalue weighted by molar-refractivity contribution is -0.137. The molecule has 0 saturated heterocycles. The highest BCUT2D eigenvalue weighted by atomic mass is 32.2. The first-order valence-corrected chi connectivity index (χ1v) is 9.06. The molecule has 2 N–H and O–H groups in total. The van der Waals surface area contributed by atoms with Crippen molar-refractivity contribution in [3.63, 3.8) is 0 Å². The van der Waals surface area contributed by atoms with E-state index in [0.717, 1.165) is 23.5 Å². The van der Waals surface area contributed by atoms with E-state index in [1.807, 2.05) is 0 Å². The van der Waals surface area contributed by atoms with Gasteiger partial charge >= 0.3 is 6.18 Å². The lowest BCUT2D eigenvalue weighted by Gasteiger charge is -2.12. The number of amides is 1. The number of sulfonamides is 1. The first-order valence-electron chi connectivity index (χ1n) is 6.69. The van der Waals surface area contributed by atoms with E-state index < -0.39 is 33.2 Å². The quantitative estimate of drug-likeness (QED) is 0.759. The van der Waals surface area contributed by atoms with Gasteiger partial charge in [-0.05, 0) is 23.6 Å². The molecule has 130 valence electrons. The maximum absolute atomic E-state index is 12.8. The molecular weight excluding hydrogens is 365 g/mol. The second-order valence-electron chi connectivity index (χ2n) is 4.63. The van der Waals surface area contributed by atoms with Crippen molar-refractivity contribution in [1.29, 1.82) is 0 Å². The van der Waals surface area contributed by atoms with E-state index in [0.29, 0.717) is 0 Å². The van der Waals surface area contributed by atoms with Crippen molar-refractivity contribution in [2.75, 3.05) is 13.1 Å². The van der Waals surface area contributed by atoms with Gasteiger partial charge < -0.3 is 5.32 Å². The number of thiophene rings is 1. The van der Waals surface area contributed by atoms with E-state index in [1.54, 1.807) is 11.4 Å². The normalized spacial score (nSPS) is 12.1. The molecule has 2 aromatic rings. The summed E-state index contributed by atoms with van der Waals surface area (Å²) in [5.41, 5.74) is -1.55. The number of hydrogen-bond donors (Lipinski definition) is 2. The molecule has 10 heteroatoms. The first-order chi connectivity index (χ1) is 11.2. The zero-order valence-electron chi connectivity index (χ0n) is 12.1. The van der Waals surface area contributed by atoms with Crippen LogP contribution in [0.25, 0.3) is 0 Å². The lowest BCUT2D eigenvalue weighted by atomic mass is 10.1. The molecule has 0 unspecified atom stereocenters. The molecule has 0 bridgehead atoms. The molecule has 1 amide bonds. The van der Waals surface area contributed by atoms with Crippen molar-refractivity contribution >= 4 is 27.3 Å². The Morgan fingerprint density at radius 2 is 1.79 bits per heavy atom. The zero-order chi connectivity index (χ0) is 17.8. The van der Waals surface area contributed by atoms with E-state index in [2.05, 4.69) is 10.0 Å². The van der Waals surface area contributed by atoms with Crippen molar-refractivity contribution in [2.45, 2.75) is 10.4 Å². The van der Waals surface area contributed by atoms with Gasteiger partial charge in [0.05, 0.1) is 11.1 Å². The summed E-state index contributed by atoms with van der Waals surface area (Å²) in [7, 11) is -3.67. The standard InChI is InChI=1S/C14H13F3N2O3S2/c15-14(16,17)11-5-2-1-4-10(11)13(20)18-7-8-19-24(21,22)12-6-3-9-23-12/h1-6,9,19H,7-8H2,(H,18,20). The van der Waals surface area contributed by atoms with E-state index in [-0.39, 0.29) is 17.3 Å². The van der Waals surface area contributed by atoms with Crippen LogP contribution < -0.4 is 10.0 Å². The molecule has 0 spiro atoms. The van der Waals surface area contributed by atoms with Crippen LogP contribution in [0.15, 0.2) is 46.0 Å². The van der Waals surface area contributed by atoms with E-state index in [9.17, 15) is 26.4 Å². The van der Waals surface area contributed by atoms with Crippen molar-refractivity contribution in [3.8, 4) is 0 Å². The fraction of sp³-hybridized carbons (Fsp3) is 0.214. The van der Waals surface area contributed by atoms with E-state index in [4.69, 9.17) is 0 Å². The second kappa shape index (κ2) is 7.32. The molecule has 2 rings (SSSR count). The molecule has 24 heavy (non-hydrogen) atoms. The van der Waals surface area contributed by atoms with Gasteiger partial charge in [0, 0.05) is 13.1 Å². The Morgan fingerprint density at radius 1 is 1.08 bits per heavy atom. The number of nitrogens with one attached hydrogen (secondary N) is 2. The molecule has 0 atom stereocenters. The molecule has 0 aliphatic rings. The number of benzene rings is 1. The molecule has 1 aromatic carbocycles. The highest BCUT2D eigenvalue weighted by Gasteiger charge is 2.34. The van der Waals surface area contributed by atoms with Crippen LogP contribution in [-0.4, -0.2) is 27.4 Å². The monoisotopic (exact) mass is 378 g/mol. The summed E-state index contributed by atoms with van der Waals surface area (Å²) in [5.74, 6) is -0.918. The van der Waals surface area contributed by atoms with Crippen LogP contribution in [0.5, 0.6) is 0 Å². The highest BCUT2D eigenvalue weighted by Crippen LogP contribution is 2.31. The van der Waals surface area contributed by atoms with Crippen molar-refractivity contribution in [1.82, 2.24) is 10.0 Å². The summed E-state index contributed by atoms with van der Waals surface area (Å²) in [4.78, 5) is 11.9. The SMILES string of the molecule is O=C(NCCNS(=O)(=O)c1cccs1)c1ccccc1C(F)(F)F. The topological polar surface area (TPSA) is 75.3 Å². The van der Waals surface area contributed by atoms with Crippen molar-refractivity contribution in [2.24, 2.45) is 0 Å². The molecule has 1 heterocycles. The van der Waals surface area contributed by atoms with Crippen LogP contribution in [0.3, 0.4) is 0 Å². The maximum Gasteiger partial charge on any atom is 0.417 e. The third-order valence-corrected chi connectivity index (χ3v) is 5.80. The molecule has 5 nitrogen and oxygen atoms in total. The lowest BCUT2D eigenvalue weighted by Crippen LogP contribution is -2.35. The van der Waals surface area contributed by atoms with Gasteiger partial charge in [0.25, 0.3) is 5.91 Å². The Labute approximate surface area is 140 Å². The van der Waals surface area contributed by atoms with Crippen LogP contribution >= 0.6 is 11.3 Å². The predicted octanol–water partition coefficient (Wildman–Crippen LogP) is 2.48. The maximum atomic E-state index is 12.8. The number of carbonyl (C=O) groups is 1. The minimum atomic E-state index is -4.64. The van der Waals surface area contributed by atoms with Crippen LogP contribution in [0.2, 0.25) is 0 Å². The Kier molecular flexibility index (Phi) is 5.62. The average Bonchev–Trinajstić information content (AvgIpc) is 3.06. The summed E-state index contributed by atoms with van der Waals surface area (Å²) >= 11 is 1.03. The summed E-state index contributed by atoms with van der Waals surface area (Å²) in [5, 5.41) is 3.87. The third kappa shape index (κ3) is 4.56. The molecule has 0 aliphatic heterocycles. The minimum absolute atomic E-state index is 0.122. The van der Waals surface area contributed by atoms with Crippen molar-refractivity contribution < 1.29 is 26.4 Å². The van der Waals surface area contributed by atoms with Gasteiger partial charge in [0.1, 0.15) is 4.21 Å². The number of carbonyl (C=O) groups excluding carboxylic acids is 1. The summed E-state index contributed by atoms with van der Waals surface area (Å²) < 4.78 is 64.6. The van der Waals surface area contributed by atoms with E-state index in [1.165, 1.54) is 18.2 Å². The fourth-order valence-electron chi connectivity index (χ4n) is 1.87. The van der Waals surface area contributed by atoms with Gasteiger partial charge in [-0.25, -0.2) is 13.1 Å². The third-order valence-electron chi connectivity index (χ3n) is 2.94. The van der Waals surface area contributed by atoms with Gasteiger partial charge in [-0.2, -0.15) is 13.2 Å². The minimum Gasteiger partial charge on any atom is -0.351 e. The van der Waals surface area contributed by atoms with E-state index >= 15 is 0 Å². The number of halogens is 3. The van der Waals surface area contributed by atoms with Crippen LogP contribution in [-0.2, 0) is 16.2 Å². The predicted molar refractivity (Wildman–Crippen MR) is 83.3 cm³/mol. The summed E-state index contributed by atoms with van der Waals surface area (Å²) in [6.45, 7) is -0.282. The Hall–Kier alpha value is -1.91. The number of rotatable bonds is 6. The number of alkyl halides is 3. The Bertz CT molecular complexity index is 803. The molecule has 0 fully saturated rings. The van der Waals surface area contributed by atoms with Gasteiger partial charge in [-0.3, -0.25) is 4.79 Å². The molecule has 0 radical (unpaired) electrons. The molecule has 0 aliphatic carbocycles. The summed E-state index contributed by atoms with van der Waals surface area (Å²) in [6, 6.07) is 7.39. The van der Waals surface area contributed by atoms with Gasteiger partial charge in [-0.1, -0.05) is 18.2 Å². The second-order valence-corrected chi connectivity index (χ2v) is 7.57.